The van der Waals surface area contributed by atoms with Crippen molar-refractivity contribution in [2.45, 2.75) is 13.8 Å². The quantitative estimate of drug-likeness (QED) is 0.576. The zero-order valence-electron chi connectivity index (χ0n) is 6.76. The van der Waals surface area contributed by atoms with Crippen LogP contribution in [-0.4, -0.2) is 0 Å². The largest absolute Gasteiger partial charge is 0.207 e. The van der Waals surface area contributed by atoms with E-state index in [9.17, 15) is 4.39 Å². The van der Waals surface area contributed by atoms with Crippen molar-refractivity contribution in [1.82, 2.24) is 0 Å². The fourth-order valence-corrected chi connectivity index (χ4v) is 0.900. The first-order valence-electron chi connectivity index (χ1n) is 3.63. The highest BCUT2D eigenvalue weighted by molar-refractivity contribution is 5.63. The topological polar surface area (TPSA) is 0 Å². The molecule has 0 bridgehead atoms. The van der Waals surface area contributed by atoms with E-state index in [1.54, 1.807) is 6.07 Å². The molecule has 0 amide bonds. The van der Waals surface area contributed by atoms with Gasteiger partial charge in [-0.1, -0.05) is 18.2 Å². The third-order valence-electron chi connectivity index (χ3n) is 1.71. The van der Waals surface area contributed by atoms with Gasteiger partial charge in [0.25, 0.3) is 0 Å². The molecule has 0 aliphatic heterocycles. The molecule has 0 heterocycles. The van der Waals surface area contributed by atoms with Crippen molar-refractivity contribution in [3.63, 3.8) is 0 Å². The Morgan fingerprint density at radius 3 is 2.73 bits per heavy atom. The van der Waals surface area contributed by atoms with Crippen LogP contribution in [0.25, 0.3) is 5.57 Å². The molecule has 1 aromatic rings. The van der Waals surface area contributed by atoms with E-state index in [2.05, 4.69) is 0 Å². The number of hydrogen-bond acceptors (Lipinski definition) is 0. The molecule has 58 valence electrons. The molecule has 1 aromatic carbocycles. The second-order valence-corrected chi connectivity index (χ2v) is 2.48. The average Bonchev–Trinajstić information content (AvgIpc) is 2.03. The highest BCUT2D eigenvalue weighted by atomic mass is 19.1. The summed E-state index contributed by atoms with van der Waals surface area (Å²) < 4.78 is 12.6. The summed E-state index contributed by atoms with van der Waals surface area (Å²) in [6.45, 7) is 3.91. The summed E-state index contributed by atoms with van der Waals surface area (Å²) in [5.74, 6) is -0.177. The fourth-order valence-electron chi connectivity index (χ4n) is 0.900. The summed E-state index contributed by atoms with van der Waals surface area (Å²) in [7, 11) is 0. The van der Waals surface area contributed by atoms with Crippen molar-refractivity contribution in [3.05, 3.63) is 41.7 Å². The summed E-state index contributed by atoms with van der Waals surface area (Å²) in [5.41, 5.74) is 2.05. The Morgan fingerprint density at radius 1 is 1.45 bits per heavy atom. The molecular weight excluding hydrogens is 139 g/mol. The summed E-state index contributed by atoms with van der Waals surface area (Å²) in [5, 5.41) is 0. The summed E-state index contributed by atoms with van der Waals surface area (Å²) in [6, 6.07) is 6.61. The van der Waals surface area contributed by atoms with E-state index in [-0.39, 0.29) is 5.82 Å². The van der Waals surface area contributed by atoms with E-state index in [0.717, 1.165) is 11.1 Å². The summed E-state index contributed by atoms with van der Waals surface area (Å²) in [6.07, 6.45) is 1.97. The van der Waals surface area contributed by atoms with E-state index >= 15 is 0 Å². The Hall–Kier alpha value is -1.11. The second-order valence-electron chi connectivity index (χ2n) is 2.48. The van der Waals surface area contributed by atoms with E-state index in [1.165, 1.54) is 12.1 Å². The molecule has 0 saturated heterocycles. The molecule has 0 aromatic heterocycles. The monoisotopic (exact) mass is 150 g/mol. The molecule has 0 fully saturated rings. The molecule has 0 spiro atoms. The molecule has 0 aliphatic rings. The molecule has 0 N–H and O–H groups in total. The number of allylic oxidation sites excluding steroid dienone is 2. The highest BCUT2D eigenvalue weighted by Crippen LogP contribution is 2.13. The lowest BCUT2D eigenvalue weighted by Crippen LogP contribution is -1.80. The first kappa shape index (κ1) is 7.99. The standard InChI is InChI=1S/C10H11F/c1-3-8(2)9-5-4-6-10(11)7-9/h3-7H,1-2H3. The third kappa shape index (κ3) is 1.90. The van der Waals surface area contributed by atoms with Gasteiger partial charge in [-0.25, -0.2) is 4.39 Å². The molecule has 0 radical (unpaired) electrons. The van der Waals surface area contributed by atoms with Gasteiger partial charge in [0, 0.05) is 0 Å². The second kappa shape index (κ2) is 3.33. The van der Waals surface area contributed by atoms with Crippen LogP contribution in [0, 0.1) is 5.82 Å². The molecule has 0 nitrogen and oxygen atoms in total. The lowest BCUT2D eigenvalue weighted by molar-refractivity contribution is 0.627. The summed E-state index contributed by atoms with van der Waals surface area (Å²) >= 11 is 0. The predicted octanol–water partition coefficient (Wildman–Crippen LogP) is 3.25. The van der Waals surface area contributed by atoms with Crippen LogP contribution < -0.4 is 0 Å². The van der Waals surface area contributed by atoms with E-state index in [1.807, 2.05) is 26.0 Å². The van der Waals surface area contributed by atoms with Crippen LogP contribution in [-0.2, 0) is 0 Å². The third-order valence-corrected chi connectivity index (χ3v) is 1.71. The number of halogens is 1. The molecule has 0 atom stereocenters. The Morgan fingerprint density at radius 2 is 2.18 bits per heavy atom. The van der Waals surface area contributed by atoms with Gasteiger partial charge in [-0.05, 0) is 37.1 Å². The van der Waals surface area contributed by atoms with Gasteiger partial charge in [0.05, 0.1) is 0 Å². The molecule has 0 saturated carbocycles. The minimum atomic E-state index is -0.177. The van der Waals surface area contributed by atoms with Gasteiger partial charge in [0.15, 0.2) is 0 Å². The summed E-state index contributed by atoms with van der Waals surface area (Å²) in [4.78, 5) is 0. The van der Waals surface area contributed by atoms with Crippen LogP contribution >= 0.6 is 0 Å². The zero-order chi connectivity index (χ0) is 8.27. The van der Waals surface area contributed by atoms with Crippen molar-refractivity contribution in [3.8, 4) is 0 Å². The number of rotatable bonds is 1. The molecule has 11 heavy (non-hydrogen) atoms. The van der Waals surface area contributed by atoms with Gasteiger partial charge in [-0.3, -0.25) is 0 Å². The Kier molecular flexibility index (Phi) is 2.42. The van der Waals surface area contributed by atoms with Gasteiger partial charge in [0.1, 0.15) is 5.82 Å². The minimum Gasteiger partial charge on any atom is -0.207 e. The van der Waals surface area contributed by atoms with E-state index in [4.69, 9.17) is 0 Å². The van der Waals surface area contributed by atoms with Gasteiger partial charge in [-0.15, -0.1) is 0 Å². The maximum absolute atomic E-state index is 12.6. The molecule has 1 heteroatoms. The smallest absolute Gasteiger partial charge is 0.123 e. The van der Waals surface area contributed by atoms with Crippen LogP contribution in [0.2, 0.25) is 0 Å². The average molecular weight is 150 g/mol. The Labute approximate surface area is 66.4 Å². The predicted molar refractivity (Wildman–Crippen MR) is 45.7 cm³/mol. The normalized spacial score (nSPS) is 11.7. The first-order chi connectivity index (χ1) is 5.24. The van der Waals surface area contributed by atoms with Crippen LogP contribution in [0.1, 0.15) is 19.4 Å². The molecule has 0 unspecified atom stereocenters. The zero-order valence-corrected chi connectivity index (χ0v) is 6.76. The van der Waals surface area contributed by atoms with Crippen LogP contribution in [0.5, 0.6) is 0 Å². The van der Waals surface area contributed by atoms with Crippen molar-refractivity contribution in [1.29, 1.82) is 0 Å². The maximum atomic E-state index is 12.6. The highest BCUT2D eigenvalue weighted by Gasteiger charge is 1.94. The number of hydrogen-bond donors (Lipinski definition) is 0. The Balaban J connectivity index is 3.06. The van der Waals surface area contributed by atoms with Gasteiger partial charge < -0.3 is 0 Å². The number of benzene rings is 1. The van der Waals surface area contributed by atoms with Gasteiger partial charge in [0.2, 0.25) is 0 Å². The van der Waals surface area contributed by atoms with E-state index in [0.29, 0.717) is 0 Å². The first-order valence-corrected chi connectivity index (χ1v) is 3.63. The fraction of sp³-hybridized carbons (Fsp3) is 0.200. The Bertz CT molecular complexity index is 274. The van der Waals surface area contributed by atoms with Crippen molar-refractivity contribution in [2.75, 3.05) is 0 Å². The molecule has 0 aliphatic carbocycles. The van der Waals surface area contributed by atoms with Crippen LogP contribution in [0.4, 0.5) is 4.39 Å². The van der Waals surface area contributed by atoms with Gasteiger partial charge in [-0.2, -0.15) is 0 Å². The van der Waals surface area contributed by atoms with Crippen LogP contribution in [0.15, 0.2) is 30.3 Å². The van der Waals surface area contributed by atoms with Crippen LogP contribution in [0.3, 0.4) is 0 Å². The SMILES string of the molecule is CC=C(C)c1cccc(F)c1. The lowest BCUT2D eigenvalue weighted by Gasteiger charge is -1.98. The van der Waals surface area contributed by atoms with Crippen molar-refractivity contribution in [2.24, 2.45) is 0 Å². The lowest BCUT2D eigenvalue weighted by atomic mass is 10.1. The van der Waals surface area contributed by atoms with Crippen molar-refractivity contribution < 1.29 is 4.39 Å². The van der Waals surface area contributed by atoms with E-state index < -0.39 is 0 Å². The van der Waals surface area contributed by atoms with Crippen molar-refractivity contribution >= 4 is 5.57 Å². The minimum absolute atomic E-state index is 0.177. The molecular formula is C10H11F. The molecule has 1 rings (SSSR count). The van der Waals surface area contributed by atoms with Gasteiger partial charge >= 0.3 is 0 Å². The maximum Gasteiger partial charge on any atom is 0.123 e.